The predicted molar refractivity (Wildman–Crippen MR) is 56.8 cm³/mol. The van der Waals surface area contributed by atoms with Gasteiger partial charge in [-0.3, -0.25) is 0 Å². The number of benzene rings is 1. The van der Waals surface area contributed by atoms with Crippen molar-refractivity contribution in [3.63, 3.8) is 0 Å². The Hall–Kier alpha value is -0.790. The first-order valence-electron chi connectivity index (χ1n) is 4.22. The average Bonchev–Trinajstić information content (AvgIpc) is 2.08. The van der Waals surface area contributed by atoms with Crippen LogP contribution >= 0.6 is 11.6 Å². The highest BCUT2D eigenvalue weighted by molar-refractivity contribution is 6.32. The molecule has 2 heteroatoms. The molecular weight excluding hydrogens is 184 g/mol. The molecule has 1 nitrogen and oxygen atoms in total. The highest BCUT2D eigenvalue weighted by Gasteiger charge is 2.00. The van der Waals surface area contributed by atoms with E-state index in [0.29, 0.717) is 5.02 Å². The Morgan fingerprint density at radius 2 is 2.08 bits per heavy atom. The first-order valence-corrected chi connectivity index (χ1v) is 4.60. The first kappa shape index (κ1) is 10.3. The molecule has 1 rings (SSSR count). The Morgan fingerprint density at radius 3 is 2.62 bits per heavy atom. The zero-order valence-electron chi connectivity index (χ0n) is 7.79. The molecular formula is C11H13ClO. The minimum absolute atomic E-state index is 0.420. The van der Waals surface area contributed by atoms with Crippen molar-refractivity contribution < 1.29 is 5.11 Å². The maximum Gasteiger partial charge on any atom is 0.0722 e. The number of aliphatic hydroxyl groups excluding tert-OH is 1. The number of aliphatic hydroxyl groups is 1. The van der Waals surface area contributed by atoms with Crippen LogP contribution in [-0.2, 0) is 0 Å². The van der Waals surface area contributed by atoms with Crippen molar-refractivity contribution >= 4 is 17.7 Å². The molecule has 0 radical (unpaired) electrons. The number of halogens is 1. The van der Waals surface area contributed by atoms with Crippen LogP contribution in [0, 0.1) is 0 Å². The van der Waals surface area contributed by atoms with Gasteiger partial charge in [0.25, 0.3) is 0 Å². The van der Waals surface area contributed by atoms with Crippen LogP contribution in [-0.4, -0.2) is 11.2 Å². The summed E-state index contributed by atoms with van der Waals surface area (Å²) in [6.45, 7) is 3.62. The smallest absolute Gasteiger partial charge is 0.0722 e. The van der Waals surface area contributed by atoms with Gasteiger partial charge < -0.3 is 5.11 Å². The highest BCUT2D eigenvalue weighted by Crippen LogP contribution is 2.18. The lowest BCUT2D eigenvalue weighted by Crippen LogP contribution is -2.00. The van der Waals surface area contributed by atoms with Crippen LogP contribution in [0.4, 0.5) is 0 Å². The normalized spacial score (nSPS) is 14.3. The van der Waals surface area contributed by atoms with Crippen molar-refractivity contribution in [2.24, 2.45) is 0 Å². The maximum atomic E-state index is 9.26. The summed E-state index contributed by atoms with van der Waals surface area (Å²) in [6, 6.07) is 7.57. The standard InChI is InChI=1S/C11H13ClO/c1-8(9(2)13)7-10-5-3-4-6-11(10)12/h3-7,9,13H,1-2H3/b8-7+. The quantitative estimate of drug-likeness (QED) is 0.771. The lowest BCUT2D eigenvalue weighted by Gasteiger charge is -2.04. The first-order chi connectivity index (χ1) is 6.11. The van der Waals surface area contributed by atoms with Crippen molar-refractivity contribution in [1.82, 2.24) is 0 Å². The summed E-state index contributed by atoms with van der Waals surface area (Å²) in [5, 5.41) is 9.97. The van der Waals surface area contributed by atoms with Crippen molar-refractivity contribution in [3.8, 4) is 0 Å². The molecule has 1 unspecified atom stereocenters. The summed E-state index contributed by atoms with van der Waals surface area (Å²) in [6.07, 6.45) is 1.48. The van der Waals surface area contributed by atoms with Crippen LogP contribution in [0.3, 0.4) is 0 Å². The summed E-state index contributed by atoms with van der Waals surface area (Å²) in [4.78, 5) is 0. The van der Waals surface area contributed by atoms with E-state index in [0.717, 1.165) is 11.1 Å². The molecule has 0 aliphatic carbocycles. The van der Waals surface area contributed by atoms with E-state index >= 15 is 0 Å². The molecule has 1 aromatic rings. The number of hydrogen-bond donors (Lipinski definition) is 1. The Morgan fingerprint density at radius 1 is 1.46 bits per heavy atom. The topological polar surface area (TPSA) is 20.2 Å². The van der Waals surface area contributed by atoms with Gasteiger partial charge in [-0.1, -0.05) is 35.9 Å². The Kier molecular flexibility index (Phi) is 3.52. The van der Waals surface area contributed by atoms with E-state index in [1.807, 2.05) is 37.3 Å². The second-order valence-electron chi connectivity index (χ2n) is 3.09. The Balaban J connectivity index is 2.97. The third kappa shape index (κ3) is 2.87. The van der Waals surface area contributed by atoms with Gasteiger partial charge in [0, 0.05) is 5.02 Å². The molecule has 0 saturated heterocycles. The molecule has 1 N–H and O–H groups in total. The summed E-state index contributed by atoms with van der Waals surface area (Å²) in [5.74, 6) is 0. The fourth-order valence-electron chi connectivity index (χ4n) is 0.958. The molecule has 0 aromatic heterocycles. The van der Waals surface area contributed by atoms with Gasteiger partial charge in [-0.15, -0.1) is 0 Å². The van der Waals surface area contributed by atoms with Gasteiger partial charge in [0.1, 0.15) is 0 Å². The molecule has 1 atom stereocenters. The van der Waals surface area contributed by atoms with Gasteiger partial charge in [0.15, 0.2) is 0 Å². The Labute approximate surface area is 83.7 Å². The lowest BCUT2D eigenvalue weighted by atomic mass is 10.1. The fraction of sp³-hybridized carbons (Fsp3) is 0.273. The zero-order chi connectivity index (χ0) is 9.84. The number of rotatable bonds is 2. The predicted octanol–water partition coefficient (Wildman–Crippen LogP) is 3.12. The van der Waals surface area contributed by atoms with E-state index < -0.39 is 6.10 Å². The minimum atomic E-state index is -0.420. The lowest BCUT2D eigenvalue weighted by molar-refractivity contribution is 0.232. The number of hydrogen-bond acceptors (Lipinski definition) is 1. The largest absolute Gasteiger partial charge is 0.389 e. The van der Waals surface area contributed by atoms with Crippen molar-refractivity contribution in [1.29, 1.82) is 0 Å². The highest BCUT2D eigenvalue weighted by atomic mass is 35.5. The monoisotopic (exact) mass is 196 g/mol. The van der Waals surface area contributed by atoms with Crippen LogP contribution in [0.1, 0.15) is 19.4 Å². The van der Waals surface area contributed by atoms with Gasteiger partial charge in [-0.05, 0) is 31.1 Å². The molecule has 0 fully saturated rings. The molecule has 0 heterocycles. The van der Waals surface area contributed by atoms with Crippen LogP contribution in [0.2, 0.25) is 5.02 Å². The van der Waals surface area contributed by atoms with E-state index in [1.165, 1.54) is 0 Å². The molecule has 0 aliphatic heterocycles. The van der Waals surface area contributed by atoms with Crippen molar-refractivity contribution in [2.45, 2.75) is 20.0 Å². The van der Waals surface area contributed by atoms with Gasteiger partial charge in [-0.2, -0.15) is 0 Å². The molecule has 70 valence electrons. The molecule has 13 heavy (non-hydrogen) atoms. The Bertz CT molecular complexity index is 316. The van der Waals surface area contributed by atoms with Crippen LogP contribution < -0.4 is 0 Å². The fourth-order valence-corrected chi connectivity index (χ4v) is 1.15. The second kappa shape index (κ2) is 4.45. The van der Waals surface area contributed by atoms with Gasteiger partial charge in [0.05, 0.1) is 6.10 Å². The summed E-state index contributed by atoms with van der Waals surface area (Å²) < 4.78 is 0. The third-order valence-corrected chi connectivity index (χ3v) is 2.29. The summed E-state index contributed by atoms with van der Waals surface area (Å²) >= 11 is 5.95. The van der Waals surface area contributed by atoms with Gasteiger partial charge in [0.2, 0.25) is 0 Å². The molecule has 0 aliphatic rings. The van der Waals surface area contributed by atoms with Crippen LogP contribution in [0.25, 0.3) is 6.08 Å². The van der Waals surface area contributed by atoms with E-state index in [4.69, 9.17) is 11.6 Å². The van der Waals surface area contributed by atoms with E-state index in [9.17, 15) is 5.11 Å². The van der Waals surface area contributed by atoms with Crippen molar-refractivity contribution in [2.75, 3.05) is 0 Å². The van der Waals surface area contributed by atoms with Crippen molar-refractivity contribution in [3.05, 3.63) is 40.4 Å². The minimum Gasteiger partial charge on any atom is -0.389 e. The second-order valence-corrected chi connectivity index (χ2v) is 3.49. The molecule has 1 aromatic carbocycles. The third-order valence-electron chi connectivity index (χ3n) is 1.95. The van der Waals surface area contributed by atoms with E-state index in [2.05, 4.69) is 0 Å². The van der Waals surface area contributed by atoms with Gasteiger partial charge in [-0.25, -0.2) is 0 Å². The maximum absolute atomic E-state index is 9.26. The summed E-state index contributed by atoms with van der Waals surface area (Å²) in [7, 11) is 0. The summed E-state index contributed by atoms with van der Waals surface area (Å²) in [5.41, 5.74) is 1.86. The van der Waals surface area contributed by atoms with Crippen LogP contribution in [0.5, 0.6) is 0 Å². The molecule has 0 spiro atoms. The van der Waals surface area contributed by atoms with E-state index in [-0.39, 0.29) is 0 Å². The average molecular weight is 197 g/mol. The molecule has 0 saturated carbocycles. The van der Waals surface area contributed by atoms with Gasteiger partial charge >= 0.3 is 0 Å². The van der Waals surface area contributed by atoms with Crippen LogP contribution in [0.15, 0.2) is 29.8 Å². The van der Waals surface area contributed by atoms with E-state index in [1.54, 1.807) is 6.92 Å². The molecule has 0 bridgehead atoms. The SMILES string of the molecule is C/C(=C\c1ccccc1Cl)C(C)O. The zero-order valence-corrected chi connectivity index (χ0v) is 8.55. The molecule has 0 amide bonds.